The van der Waals surface area contributed by atoms with Gasteiger partial charge in [-0.25, -0.2) is 9.38 Å². The highest BCUT2D eigenvalue weighted by atomic mass is 79.9. The zero-order chi connectivity index (χ0) is 15.8. The molecule has 2 N–H and O–H groups in total. The highest BCUT2D eigenvalue weighted by Crippen LogP contribution is 2.18. The molecule has 0 bridgehead atoms. The number of aromatic nitrogens is 1. The van der Waals surface area contributed by atoms with Crippen LogP contribution in [0.1, 0.15) is 12.5 Å². The van der Waals surface area contributed by atoms with Crippen LogP contribution in [0.5, 0.6) is 0 Å². The molecule has 0 unspecified atom stereocenters. The molecule has 6 heteroatoms. The Kier molecular flexibility index (Phi) is 6.45. The van der Waals surface area contributed by atoms with Gasteiger partial charge in [0.15, 0.2) is 5.96 Å². The Morgan fingerprint density at radius 2 is 2.05 bits per heavy atom. The maximum Gasteiger partial charge on any atom is 0.191 e. The average Bonchev–Trinajstić information content (AvgIpc) is 3.01. The van der Waals surface area contributed by atoms with Gasteiger partial charge in [-0.05, 0) is 42.8 Å². The van der Waals surface area contributed by atoms with Gasteiger partial charge in [0.1, 0.15) is 5.82 Å². The summed E-state index contributed by atoms with van der Waals surface area (Å²) in [5, 5.41) is 6.46. The van der Waals surface area contributed by atoms with E-state index in [1.54, 1.807) is 6.07 Å². The van der Waals surface area contributed by atoms with Gasteiger partial charge in [0.05, 0.1) is 6.54 Å². The van der Waals surface area contributed by atoms with E-state index >= 15 is 0 Å². The second kappa shape index (κ2) is 8.58. The minimum atomic E-state index is -0.251. The first-order chi connectivity index (χ1) is 10.7. The standard InChI is InChI=1S/C16H20BrFN4/c1-2-19-16(20-7-10-22-8-3-4-9-22)21-12-13-11-14(18)5-6-15(13)17/h3-6,8-9,11H,2,7,10,12H2,1H3,(H2,19,20,21). The van der Waals surface area contributed by atoms with Crippen molar-refractivity contribution in [2.24, 2.45) is 4.99 Å². The Balaban J connectivity index is 1.92. The number of aliphatic imine (C=N–C) groups is 1. The number of nitrogens with one attached hydrogen (secondary N) is 2. The molecule has 22 heavy (non-hydrogen) atoms. The maximum atomic E-state index is 13.3. The fourth-order valence-electron chi connectivity index (χ4n) is 1.99. The summed E-state index contributed by atoms with van der Waals surface area (Å²) in [7, 11) is 0. The first-order valence-electron chi connectivity index (χ1n) is 7.26. The van der Waals surface area contributed by atoms with Crippen LogP contribution in [-0.4, -0.2) is 23.6 Å². The van der Waals surface area contributed by atoms with Crippen molar-refractivity contribution >= 4 is 21.9 Å². The predicted molar refractivity (Wildman–Crippen MR) is 91.4 cm³/mol. The quantitative estimate of drug-likeness (QED) is 0.609. The van der Waals surface area contributed by atoms with Gasteiger partial charge in [0.2, 0.25) is 0 Å². The third kappa shape index (κ3) is 5.18. The Bertz CT molecular complexity index is 611. The first-order valence-corrected chi connectivity index (χ1v) is 8.05. The van der Waals surface area contributed by atoms with Crippen molar-refractivity contribution in [1.82, 2.24) is 15.2 Å². The number of guanidine groups is 1. The van der Waals surface area contributed by atoms with Crippen molar-refractivity contribution in [3.05, 3.63) is 58.6 Å². The molecule has 0 aliphatic rings. The maximum absolute atomic E-state index is 13.3. The lowest BCUT2D eigenvalue weighted by atomic mass is 10.2. The van der Waals surface area contributed by atoms with E-state index in [9.17, 15) is 4.39 Å². The molecule has 0 aliphatic heterocycles. The number of hydrogen-bond donors (Lipinski definition) is 2. The Morgan fingerprint density at radius 3 is 2.77 bits per heavy atom. The van der Waals surface area contributed by atoms with E-state index in [0.29, 0.717) is 6.54 Å². The van der Waals surface area contributed by atoms with Crippen LogP contribution in [-0.2, 0) is 13.1 Å². The molecule has 0 atom stereocenters. The summed E-state index contributed by atoms with van der Waals surface area (Å²) in [5.41, 5.74) is 0.822. The monoisotopic (exact) mass is 366 g/mol. The van der Waals surface area contributed by atoms with Crippen molar-refractivity contribution < 1.29 is 4.39 Å². The fraction of sp³-hybridized carbons (Fsp3) is 0.312. The number of rotatable bonds is 6. The molecule has 2 rings (SSSR count). The molecule has 1 aromatic carbocycles. The Hall–Kier alpha value is -1.82. The van der Waals surface area contributed by atoms with Gasteiger partial charge in [-0.1, -0.05) is 15.9 Å². The summed E-state index contributed by atoms with van der Waals surface area (Å²) in [6.07, 6.45) is 4.05. The van der Waals surface area contributed by atoms with Crippen molar-refractivity contribution in [3.8, 4) is 0 Å². The molecule has 0 aliphatic carbocycles. The summed E-state index contributed by atoms with van der Waals surface area (Å²) in [6.45, 7) is 4.84. The molecule has 0 amide bonds. The smallest absolute Gasteiger partial charge is 0.191 e. The van der Waals surface area contributed by atoms with Crippen molar-refractivity contribution in [2.45, 2.75) is 20.0 Å². The number of nitrogens with zero attached hydrogens (tertiary/aromatic N) is 2. The van der Waals surface area contributed by atoms with Crippen molar-refractivity contribution in [2.75, 3.05) is 13.1 Å². The SMILES string of the molecule is CCNC(=NCc1cc(F)ccc1Br)NCCn1cccc1. The summed E-state index contributed by atoms with van der Waals surface area (Å²) < 4.78 is 16.2. The highest BCUT2D eigenvalue weighted by molar-refractivity contribution is 9.10. The number of hydrogen-bond acceptors (Lipinski definition) is 1. The summed E-state index contributed by atoms with van der Waals surface area (Å²) >= 11 is 3.42. The van der Waals surface area contributed by atoms with Crippen LogP contribution >= 0.6 is 15.9 Å². The molecule has 0 fully saturated rings. The van der Waals surface area contributed by atoms with Crippen LogP contribution in [0.2, 0.25) is 0 Å². The summed E-state index contributed by atoms with van der Waals surface area (Å²) in [6, 6.07) is 8.63. The van der Waals surface area contributed by atoms with E-state index in [4.69, 9.17) is 0 Å². The van der Waals surface area contributed by atoms with Crippen LogP contribution in [0, 0.1) is 5.82 Å². The summed E-state index contributed by atoms with van der Waals surface area (Å²) in [4.78, 5) is 4.49. The number of halogens is 2. The van der Waals surface area contributed by atoms with E-state index in [1.807, 2.05) is 31.5 Å². The van der Waals surface area contributed by atoms with Gasteiger partial charge in [-0.3, -0.25) is 0 Å². The van der Waals surface area contributed by atoms with Gasteiger partial charge in [-0.15, -0.1) is 0 Å². The average molecular weight is 367 g/mol. The number of benzene rings is 1. The Labute approximate surface area is 138 Å². The molecular formula is C16H20BrFN4. The van der Waals surface area contributed by atoms with Crippen LogP contribution in [0.4, 0.5) is 4.39 Å². The van der Waals surface area contributed by atoms with Crippen LogP contribution in [0.3, 0.4) is 0 Å². The van der Waals surface area contributed by atoms with Crippen LogP contribution < -0.4 is 10.6 Å². The summed E-state index contributed by atoms with van der Waals surface area (Å²) in [5.74, 6) is 0.477. The predicted octanol–water partition coefficient (Wildman–Crippen LogP) is 3.15. The normalized spacial score (nSPS) is 11.5. The van der Waals surface area contributed by atoms with Gasteiger partial charge < -0.3 is 15.2 Å². The molecular weight excluding hydrogens is 347 g/mol. The van der Waals surface area contributed by atoms with E-state index < -0.39 is 0 Å². The molecule has 0 spiro atoms. The minimum Gasteiger partial charge on any atom is -0.357 e. The van der Waals surface area contributed by atoms with Crippen molar-refractivity contribution in [1.29, 1.82) is 0 Å². The second-order valence-electron chi connectivity index (χ2n) is 4.78. The van der Waals surface area contributed by atoms with E-state index in [-0.39, 0.29) is 5.82 Å². The van der Waals surface area contributed by atoms with Crippen LogP contribution in [0.15, 0.2) is 52.2 Å². The first kappa shape index (κ1) is 16.5. The molecule has 4 nitrogen and oxygen atoms in total. The van der Waals surface area contributed by atoms with Gasteiger partial charge in [0, 0.05) is 36.5 Å². The third-order valence-electron chi connectivity index (χ3n) is 3.09. The van der Waals surface area contributed by atoms with Gasteiger partial charge in [0.25, 0.3) is 0 Å². The lowest BCUT2D eigenvalue weighted by Crippen LogP contribution is -2.38. The lowest BCUT2D eigenvalue weighted by molar-refractivity contribution is 0.625. The third-order valence-corrected chi connectivity index (χ3v) is 3.86. The lowest BCUT2D eigenvalue weighted by Gasteiger charge is -2.12. The molecule has 0 saturated heterocycles. The second-order valence-corrected chi connectivity index (χ2v) is 5.63. The Morgan fingerprint density at radius 1 is 1.27 bits per heavy atom. The molecule has 0 radical (unpaired) electrons. The van der Waals surface area contributed by atoms with Crippen LogP contribution in [0.25, 0.3) is 0 Å². The molecule has 118 valence electrons. The molecule has 2 aromatic rings. The zero-order valence-corrected chi connectivity index (χ0v) is 14.1. The molecule has 1 aromatic heterocycles. The topological polar surface area (TPSA) is 41.4 Å². The van der Waals surface area contributed by atoms with E-state index in [0.717, 1.165) is 35.6 Å². The van der Waals surface area contributed by atoms with Gasteiger partial charge in [-0.2, -0.15) is 0 Å². The molecule has 0 saturated carbocycles. The van der Waals surface area contributed by atoms with Gasteiger partial charge >= 0.3 is 0 Å². The minimum absolute atomic E-state index is 0.251. The highest BCUT2D eigenvalue weighted by Gasteiger charge is 2.02. The molecule has 1 heterocycles. The van der Waals surface area contributed by atoms with Crippen molar-refractivity contribution in [3.63, 3.8) is 0 Å². The fourth-order valence-corrected chi connectivity index (χ4v) is 2.37. The largest absolute Gasteiger partial charge is 0.357 e. The zero-order valence-electron chi connectivity index (χ0n) is 12.5. The van der Waals surface area contributed by atoms with E-state index in [1.165, 1.54) is 12.1 Å². The van der Waals surface area contributed by atoms with E-state index in [2.05, 4.69) is 36.1 Å².